The summed E-state index contributed by atoms with van der Waals surface area (Å²) in [4.78, 5) is 29.5. The molecule has 0 bridgehead atoms. The van der Waals surface area contributed by atoms with Gasteiger partial charge in [0.1, 0.15) is 16.7 Å². The summed E-state index contributed by atoms with van der Waals surface area (Å²) in [5.74, 6) is -0.227. The van der Waals surface area contributed by atoms with Crippen LogP contribution in [-0.2, 0) is 16.0 Å². The standard InChI is InChI=1S/C24H37N5O2S/c1-4-29-23(31)20(32-24(29)21(25)22(30)27-15-17(2)3)16-26-19-9-7-18(8-10-19)11-14-28-12-5-6-13-28/h7-10,20-21,24,26H,2,4-6,11-16,25H2,1,3H3,(H,27,30)/t20-,21-,24?/m1/s1. The van der Waals surface area contributed by atoms with Crippen molar-refractivity contribution in [3.05, 3.63) is 42.0 Å². The van der Waals surface area contributed by atoms with Gasteiger partial charge in [0.05, 0.1) is 0 Å². The summed E-state index contributed by atoms with van der Waals surface area (Å²) in [7, 11) is 0. The Balaban J connectivity index is 1.50. The van der Waals surface area contributed by atoms with Gasteiger partial charge in [0.2, 0.25) is 11.8 Å². The van der Waals surface area contributed by atoms with Crippen LogP contribution in [0.25, 0.3) is 0 Å². The number of amides is 2. The molecule has 0 aliphatic carbocycles. The number of nitrogens with zero attached hydrogens (tertiary/aromatic N) is 2. The van der Waals surface area contributed by atoms with Crippen molar-refractivity contribution in [2.24, 2.45) is 5.73 Å². The topological polar surface area (TPSA) is 90.7 Å². The van der Waals surface area contributed by atoms with Gasteiger partial charge in [0, 0.05) is 31.9 Å². The van der Waals surface area contributed by atoms with Gasteiger partial charge in [-0.05, 0) is 63.9 Å². The third-order valence-electron chi connectivity index (χ3n) is 6.05. The number of rotatable bonds is 11. The number of carbonyl (C=O) groups excluding carboxylic acids is 2. The van der Waals surface area contributed by atoms with Gasteiger partial charge in [0.15, 0.2) is 0 Å². The van der Waals surface area contributed by atoms with E-state index in [9.17, 15) is 9.59 Å². The van der Waals surface area contributed by atoms with Crippen molar-refractivity contribution in [3.63, 3.8) is 0 Å². The molecule has 2 aliphatic heterocycles. The molecule has 1 unspecified atom stereocenters. The number of hydrogen-bond donors (Lipinski definition) is 3. The Morgan fingerprint density at radius 1 is 1.28 bits per heavy atom. The number of benzene rings is 1. The van der Waals surface area contributed by atoms with Crippen molar-refractivity contribution >= 4 is 29.3 Å². The summed E-state index contributed by atoms with van der Waals surface area (Å²) in [5.41, 5.74) is 9.40. The lowest BCUT2D eigenvalue weighted by molar-refractivity contribution is -0.130. The molecule has 176 valence electrons. The maximum atomic E-state index is 12.9. The Kier molecular flexibility index (Phi) is 9.02. The lowest BCUT2D eigenvalue weighted by atomic mass is 10.1. The van der Waals surface area contributed by atoms with Crippen LogP contribution in [0.15, 0.2) is 36.4 Å². The molecule has 2 heterocycles. The van der Waals surface area contributed by atoms with Crippen molar-refractivity contribution in [2.75, 3.05) is 44.6 Å². The molecule has 2 saturated heterocycles. The lowest BCUT2D eigenvalue weighted by Crippen LogP contribution is -2.52. The van der Waals surface area contributed by atoms with E-state index in [-0.39, 0.29) is 22.4 Å². The average Bonchev–Trinajstić information content (AvgIpc) is 3.42. The molecule has 0 radical (unpaired) electrons. The molecular weight excluding hydrogens is 422 g/mol. The molecule has 4 N–H and O–H groups in total. The number of carbonyl (C=O) groups is 2. The lowest BCUT2D eigenvalue weighted by Gasteiger charge is -2.26. The highest BCUT2D eigenvalue weighted by Crippen LogP contribution is 2.33. The van der Waals surface area contributed by atoms with Gasteiger partial charge in [0.25, 0.3) is 0 Å². The molecule has 0 spiro atoms. The third kappa shape index (κ3) is 6.49. The molecule has 2 fully saturated rings. The minimum atomic E-state index is -0.775. The van der Waals surface area contributed by atoms with Crippen molar-refractivity contribution < 1.29 is 9.59 Å². The maximum Gasteiger partial charge on any atom is 0.240 e. The van der Waals surface area contributed by atoms with Crippen LogP contribution >= 0.6 is 11.8 Å². The molecule has 0 aromatic heterocycles. The first-order chi connectivity index (χ1) is 15.4. The van der Waals surface area contributed by atoms with Gasteiger partial charge in [-0.25, -0.2) is 0 Å². The second-order valence-corrected chi connectivity index (χ2v) is 10.0. The van der Waals surface area contributed by atoms with E-state index in [1.165, 1.54) is 43.3 Å². The van der Waals surface area contributed by atoms with E-state index in [1.807, 2.05) is 13.8 Å². The quantitative estimate of drug-likeness (QED) is 0.439. The number of nitrogens with one attached hydrogen (secondary N) is 2. The molecule has 1 aromatic rings. The van der Waals surface area contributed by atoms with Gasteiger partial charge < -0.3 is 26.2 Å². The Morgan fingerprint density at radius 2 is 1.97 bits per heavy atom. The zero-order valence-electron chi connectivity index (χ0n) is 19.3. The number of likely N-dealkylation sites (tertiary alicyclic amines) is 1. The second-order valence-electron chi connectivity index (χ2n) is 8.72. The van der Waals surface area contributed by atoms with Gasteiger partial charge >= 0.3 is 0 Å². The molecule has 1 aromatic carbocycles. The highest BCUT2D eigenvalue weighted by molar-refractivity contribution is 8.01. The highest BCUT2D eigenvalue weighted by Gasteiger charge is 2.44. The van der Waals surface area contributed by atoms with E-state index < -0.39 is 6.04 Å². The largest absolute Gasteiger partial charge is 0.383 e. The summed E-state index contributed by atoms with van der Waals surface area (Å²) >= 11 is 1.47. The Labute approximate surface area is 196 Å². The number of nitrogens with two attached hydrogens (primary N) is 1. The van der Waals surface area contributed by atoms with Gasteiger partial charge in [-0.15, -0.1) is 11.8 Å². The minimum absolute atomic E-state index is 0.0281. The smallest absolute Gasteiger partial charge is 0.240 e. The fourth-order valence-electron chi connectivity index (χ4n) is 4.14. The van der Waals surface area contributed by atoms with Gasteiger partial charge in [-0.3, -0.25) is 9.59 Å². The van der Waals surface area contributed by atoms with E-state index in [4.69, 9.17) is 5.73 Å². The molecule has 2 aliphatic rings. The summed E-state index contributed by atoms with van der Waals surface area (Å²) in [6, 6.07) is 7.70. The Morgan fingerprint density at radius 3 is 2.59 bits per heavy atom. The predicted molar refractivity (Wildman–Crippen MR) is 133 cm³/mol. The molecule has 3 atom stereocenters. The van der Waals surface area contributed by atoms with Crippen LogP contribution in [0.1, 0.15) is 32.3 Å². The first kappa shape index (κ1) is 24.6. The SMILES string of the molecule is C=C(C)CNC(=O)[C@@H](N)C1S[C@H](CNc2ccc(CCN3CCCC3)cc2)C(=O)N1CC. The van der Waals surface area contributed by atoms with Crippen LogP contribution in [0.2, 0.25) is 0 Å². The van der Waals surface area contributed by atoms with Crippen LogP contribution < -0.4 is 16.4 Å². The van der Waals surface area contributed by atoms with Crippen molar-refractivity contribution in [2.45, 2.75) is 49.8 Å². The minimum Gasteiger partial charge on any atom is -0.383 e. The van der Waals surface area contributed by atoms with Crippen LogP contribution in [0.3, 0.4) is 0 Å². The summed E-state index contributed by atoms with van der Waals surface area (Å²) < 4.78 is 0. The Hall–Kier alpha value is -2.03. The summed E-state index contributed by atoms with van der Waals surface area (Å²) in [6.07, 6.45) is 3.71. The summed E-state index contributed by atoms with van der Waals surface area (Å²) in [5, 5.41) is 5.54. The molecule has 2 amide bonds. The highest BCUT2D eigenvalue weighted by atomic mass is 32.2. The zero-order valence-corrected chi connectivity index (χ0v) is 20.1. The number of likely N-dealkylation sites (N-methyl/N-ethyl adjacent to an activating group) is 1. The van der Waals surface area contributed by atoms with Crippen molar-refractivity contribution in [1.82, 2.24) is 15.1 Å². The van der Waals surface area contributed by atoms with E-state index in [1.54, 1.807) is 4.90 Å². The second kappa shape index (κ2) is 11.7. The number of thioether (sulfide) groups is 1. The van der Waals surface area contributed by atoms with Gasteiger partial charge in [-0.1, -0.05) is 24.3 Å². The van der Waals surface area contributed by atoms with Crippen LogP contribution in [0, 0.1) is 0 Å². The molecule has 7 nitrogen and oxygen atoms in total. The molecule has 8 heteroatoms. The third-order valence-corrected chi connectivity index (χ3v) is 7.57. The molecule has 32 heavy (non-hydrogen) atoms. The number of hydrogen-bond acceptors (Lipinski definition) is 6. The normalized spacial score (nSPS) is 22.2. The van der Waals surface area contributed by atoms with Crippen LogP contribution in [0.4, 0.5) is 5.69 Å². The van der Waals surface area contributed by atoms with E-state index >= 15 is 0 Å². The average molecular weight is 460 g/mol. The summed E-state index contributed by atoms with van der Waals surface area (Å²) in [6.45, 7) is 12.5. The molecule has 3 rings (SSSR count). The first-order valence-electron chi connectivity index (χ1n) is 11.6. The predicted octanol–water partition coefficient (Wildman–Crippen LogP) is 2.05. The van der Waals surface area contributed by atoms with Gasteiger partial charge in [-0.2, -0.15) is 0 Å². The van der Waals surface area contributed by atoms with Crippen molar-refractivity contribution in [1.29, 1.82) is 0 Å². The zero-order chi connectivity index (χ0) is 23.1. The maximum absolute atomic E-state index is 12.9. The number of anilines is 1. The Bertz CT molecular complexity index is 794. The molecule has 0 saturated carbocycles. The fraction of sp³-hybridized carbons (Fsp3) is 0.583. The fourth-order valence-corrected chi connectivity index (χ4v) is 5.60. The van der Waals surface area contributed by atoms with Crippen molar-refractivity contribution in [3.8, 4) is 0 Å². The van der Waals surface area contributed by atoms with Crippen LogP contribution in [-0.4, -0.2) is 77.5 Å². The van der Waals surface area contributed by atoms with E-state index in [0.29, 0.717) is 19.6 Å². The van der Waals surface area contributed by atoms with Crippen LogP contribution in [0.5, 0.6) is 0 Å². The monoisotopic (exact) mass is 459 g/mol. The molecular formula is C24H37N5O2S. The first-order valence-corrected chi connectivity index (χ1v) is 12.5. The van der Waals surface area contributed by atoms with E-state index in [0.717, 1.165) is 24.2 Å². The van der Waals surface area contributed by atoms with E-state index in [2.05, 4.69) is 46.4 Å².